The first-order chi connectivity index (χ1) is 8.90. The number of rotatable bonds is 2. The van der Waals surface area contributed by atoms with Gasteiger partial charge in [-0.05, 0) is 14.1 Å². The third-order valence-electron chi connectivity index (χ3n) is 3.49. The lowest BCUT2D eigenvalue weighted by Crippen LogP contribution is -2.52. The van der Waals surface area contributed by atoms with E-state index in [4.69, 9.17) is 0 Å². The smallest absolute Gasteiger partial charge is 0.331 e. The Bertz CT molecular complexity index is 582. The Morgan fingerprint density at radius 1 is 1.37 bits per heavy atom. The van der Waals surface area contributed by atoms with Crippen molar-refractivity contribution in [2.75, 3.05) is 33.7 Å². The summed E-state index contributed by atoms with van der Waals surface area (Å²) in [6.07, 6.45) is 0. The summed E-state index contributed by atoms with van der Waals surface area (Å²) in [5.41, 5.74) is -2.00. The van der Waals surface area contributed by atoms with Crippen LogP contribution >= 0.6 is 0 Å². The third-order valence-corrected chi connectivity index (χ3v) is 3.49. The summed E-state index contributed by atoms with van der Waals surface area (Å²) < 4.78 is 14.2. The van der Waals surface area contributed by atoms with E-state index in [-0.39, 0.29) is 12.6 Å². The number of likely N-dealkylation sites (N-methyl/N-ethyl adjacent to an activating group) is 2. The van der Waals surface area contributed by atoms with E-state index >= 15 is 0 Å². The average molecular weight is 272 g/mol. The summed E-state index contributed by atoms with van der Waals surface area (Å²) >= 11 is 0. The molecular formula is C11H17FN4O3. The number of H-pyrrole nitrogens is 1. The molecule has 2 heterocycles. The average Bonchev–Trinajstić information content (AvgIpc) is 2.36. The summed E-state index contributed by atoms with van der Waals surface area (Å²) in [7, 11) is 3.86. The molecule has 1 unspecified atom stereocenters. The zero-order valence-corrected chi connectivity index (χ0v) is 10.9. The van der Waals surface area contributed by atoms with Crippen LogP contribution in [0.2, 0.25) is 0 Å². The number of aromatic nitrogens is 2. The number of piperazine rings is 1. The van der Waals surface area contributed by atoms with Gasteiger partial charge in [0.25, 0.3) is 5.56 Å². The zero-order valence-electron chi connectivity index (χ0n) is 10.9. The van der Waals surface area contributed by atoms with Gasteiger partial charge in [0.05, 0.1) is 0 Å². The van der Waals surface area contributed by atoms with Crippen molar-refractivity contribution in [3.05, 3.63) is 26.7 Å². The Morgan fingerprint density at radius 2 is 2.05 bits per heavy atom. The van der Waals surface area contributed by atoms with Gasteiger partial charge >= 0.3 is 5.69 Å². The van der Waals surface area contributed by atoms with Gasteiger partial charge in [-0.25, -0.2) is 4.79 Å². The molecule has 1 aliphatic heterocycles. The van der Waals surface area contributed by atoms with Crippen molar-refractivity contribution in [3.63, 3.8) is 0 Å². The minimum absolute atomic E-state index is 0.0346. The molecule has 1 saturated heterocycles. The number of nitrogens with one attached hydrogen (secondary N) is 1. The molecule has 7 nitrogen and oxygen atoms in total. The fraction of sp³-hybridized carbons (Fsp3) is 0.636. The number of hydrogen-bond acceptors (Lipinski definition) is 5. The van der Waals surface area contributed by atoms with Gasteiger partial charge in [0.2, 0.25) is 11.7 Å². The van der Waals surface area contributed by atoms with Crippen LogP contribution in [0.25, 0.3) is 0 Å². The molecule has 1 aliphatic rings. The second-order valence-electron chi connectivity index (χ2n) is 4.90. The predicted octanol–water partition coefficient (Wildman–Crippen LogP) is -1.37. The molecule has 2 rings (SSSR count). The van der Waals surface area contributed by atoms with E-state index in [1.54, 1.807) is 0 Å². The Kier molecular flexibility index (Phi) is 3.72. The van der Waals surface area contributed by atoms with Crippen molar-refractivity contribution in [1.82, 2.24) is 19.4 Å². The van der Waals surface area contributed by atoms with Gasteiger partial charge in [0, 0.05) is 32.2 Å². The molecule has 0 aromatic carbocycles. The molecule has 8 heteroatoms. The summed E-state index contributed by atoms with van der Waals surface area (Å²) in [4.78, 5) is 28.6. The van der Waals surface area contributed by atoms with E-state index < -0.39 is 22.9 Å². The molecule has 1 aromatic rings. The minimum Gasteiger partial charge on any atom is -0.492 e. The van der Waals surface area contributed by atoms with Crippen molar-refractivity contribution in [1.29, 1.82) is 0 Å². The van der Waals surface area contributed by atoms with Crippen molar-refractivity contribution in [2.45, 2.75) is 12.6 Å². The van der Waals surface area contributed by atoms with Crippen LogP contribution in [0.1, 0.15) is 0 Å². The number of aromatic hydroxyl groups is 1. The van der Waals surface area contributed by atoms with Gasteiger partial charge in [-0.1, -0.05) is 0 Å². The number of nitrogens with zero attached hydrogens (tertiary/aromatic N) is 3. The molecular weight excluding hydrogens is 255 g/mol. The maximum Gasteiger partial charge on any atom is 0.331 e. The monoisotopic (exact) mass is 272 g/mol. The van der Waals surface area contributed by atoms with Crippen molar-refractivity contribution < 1.29 is 9.50 Å². The Hall–Kier alpha value is -1.67. The molecule has 106 valence electrons. The van der Waals surface area contributed by atoms with Crippen molar-refractivity contribution in [3.8, 4) is 5.88 Å². The van der Waals surface area contributed by atoms with E-state index in [1.807, 2.05) is 24.0 Å². The fourth-order valence-electron chi connectivity index (χ4n) is 2.21. The van der Waals surface area contributed by atoms with E-state index in [1.165, 1.54) is 0 Å². The van der Waals surface area contributed by atoms with Gasteiger partial charge in [0.15, 0.2) is 0 Å². The highest BCUT2D eigenvalue weighted by atomic mass is 19.1. The van der Waals surface area contributed by atoms with Gasteiger partial charge in [-0.3, -0.25) is 19.2 Å². The topological polar surface area (TPSA) is 81.6 Å². The van der Waals surface area contributed by atoms with Crippen LogP contribution in [-0.4, -0.2) is 64.2 Å². The molecule has 2 N–H and O–H groups in total. The normalized spacial score (nSPS) is 21.7. The first-order valence-electron chi connectivity index (χ1n) is 6.00. The lowest BCUT2D eigenvalue weighted by molar-refractivity contribution is 0.0995. The van der Waals surface area contributed by atoms with Crippen LogP contribution in [0.3, 0.4) is 0 Å². The lowest BCUT2D eigenvalue weighted by Gasteiger charge is -2.37. The molecule has 1 aromatic heterocycles. The Balaban J connectivity index is 2.31. The number of halogens is 1. The molecule has 1 atom stereocenters. The Morgan fingerprint density at radius 3 is 2.74 bits per heavy atom. The van der Waals surface area contributed by atoms with Crippen LogP contribution in [0, 0.1) is 5.82 Å². The number of hydrogen-bond donors (Lipinski definition) is 2. The molecule has 19 heavy (non-hydrogen) atoms. The quantitative estimate of drug-likeness (QED) is 0.694. The van der Waals surface area contributed by atoms with Crippen LogP contribution in [0.4, 0.5) is 4.39 Å². The minimum atomic E-state index is -1.33. The molecule has 0 aliphatic carbocycles. The van der Waals surface area contributed by atoms with Gasteiger partial charge < -0.3 is 10.0 Å². The molecule has 1 fully saturated rings. The first kappa shape index (κ1) is 13.8. The summed E-state index contributed by atoms with van der Waals surface area (Å²) in [6.45, 7) is 2.55. The summed E-state index contributed by atoms with van der Waals surface area (Å²) in [5, 5.41) is 9.58. The first-order valence-corrected chi connectivity index (χ1v) is 6.00. The van der Waals surface area contributed by atoms with Crippen LogP contribution in [-0.2, 0) is 6.54 Å². The van der Waals surface area contributed by atoms with E-state index in [9.17, 15) is 19.1 Å². The second kappa shape index (κ2) is 5.14. The summed E-state index contributed by atoms with van der Waals surface area (Å²) in [5.74, 6) is -2.23. The van der Waals surface area contributed by atoms with Crippen molar-refractivity contribution in [2.24, 2.45) is 0 Å². The standard InChI is InChI=1S/C11H17FN4O3/c1-14-3-4-15(2)7(5-14)6-16-10(18)8(12)9(17)13-11(16)19/h7,18H,3-6H2,1-2H3,(H,13,17,19). The highest BCUT2D eigenvalue weighted by Crippen LogP contribution is 2.12. The highest BCUT2D eigenvalue weighted by molar-refractivity contribution is 5.10. The maximum absolute atomic E-state index is 13.3. The molecule has 0 amide bonds. The largest absolute Gasteiger partial charge is 0.492 e. The summed E-state index contributed by atoms with van der Waals surface area (Å²) in [6, 6.07) is -0.0346. The van der Waals surface area contributed by atoms with Crippen LogP contribution < -0.4 is 11.2 Å². The van der Waals surface area contributed by atoms with E-state index in [0.29, 0.717) is 6.54 Å². The van der Waals surface area contributed by atoms with Crippen LogP contribution in [0.5, 0.6) is 5.88 Å². The highest BCUT2D eigenvalue weighted by Gasteiger charge is 2.25. The van der Waals surface area contributed by atoms with Gasteiger partial charge in [-0.2, -0.15) is 4.39 Å². The molecule has 0 bridgehead atoms. The molecule has 0 saturated carbocycles. The lowest BCUT2D eigenvalue weighted by atomic mass is 10.2. The number of aromatic amines is 1. The Labute approximate surface area is 108 Å². The van der Waals surface area contributed by atoms with Gasteiger partial charge in [0.1, 0.15) is 0 Å². The van der Waals surface area contributed by atoms with Gasteiger partial charge in [-0.15, -0.1) is 0 Å². The molecule has 0 radical (unpaired) electrons. The van der Waals surface area contributed by atoms with E-state index in [0.717, 1.165) is 17.7 Å². The fourth-order valence-corrected chi connectivity index (χ4v) is 2.21. The van der Waals surface area contributed by atoms with E-state index in [2.05, 4.69) is 4.90 Å². The molecule has 0 spiro atoms. The van der Waals surface area contributed by atoms with Crippen molar-refractivity contribution >= 4 is 0 Å². The second-order valence-corrected chi connectivity index (χ2v) is 4.90. The SMILES string of the molecule is CN1CCN(C)C(Cn2c(O)c(F)c(=O)[nH]c2=O)C1. The zero-order chi connectivity index (χ0) is 14.2. The predicted molar refractivity (Wildman–Crippen MR) is 66.9 cm³/mol. The maximum atomic E-state index is 13.3. The van der Waals surface area contributed by atoms with Crippen LogP contribution in [0.15, 0.2) is 9.59 Å². The third kappa shape index (κ3) is 2.69.